The van der Waals surface area contributed by atoms with Crippen LogP contribution in [0.5, 0.6) is 0 Å². The minimum atomic E-state index is -0.668. The highest BCUT2D eigenvalue weighted by Crippen LogP contribution is 2.29. The molecule has 1 atom stereocenters. The van der Waals surface area contributed by atoms with Crippen molar-refractivity contribution < 1.29 is 19.2 Å². The van der Waals surface area contributed by atoms with E-state index in [2.05, 4.69) is 20.6 Å². The molecule has 4 amide bonds. The van der Waals surface area contributed by atoms with Crippen LogP contribution in [-0.2, 0) is 16.1 Å². The number of nitrogens with one attached hydrogen (secondary N) is 3. The molecule has 3 aromatic rings. The topological polar surface area (TPSA) is 124 Å². The number of carbonyl (C=O) groups excluding carboxylic acids is 4. The molecule has 0 unspecified atom stereocenters. The first-order valence-electron chi connectivity index (χ1n) is 9.93. The van der Waals surface area contributed by atoms with Crippen LogP contribution in [0.15, 0.2) is 36.7 Å². The number of hydrogen-bond donors (Lipinski definition) is 3. The molecule has 0 aliphatic carbocycles. The number of fused-ring (bicyclic) bond motifs is 2. The van der Waals surface area contributed by atoms with Gasteiger partial charge in [0.2, 0.25) is 11.8 Å². The maximum absolute atomic E-state index is 12.8. The van der Waals surface area contributed by atoms with Crippen LogP contribution in [0.3, 0.4) is 0 Å². The average molecular weight is 417 g/mol. The summed E-state index contributed by atoms with van der Waals surface area (Å²) in [5.41, 5.74) is 3.92. The number of anilines is 1. The van der Waals surface area contributed by atoms with Crippen LogP contribution >= 0.6 is 0 Å². The number of H-pyrrole nitrogens is 1. The number of aromatic amines is 1. The van der Waals surface area contributed by atoms with Crippen molar-refractivity contribution in [1.82, 2.24) is 20.2 Å². The van der Waals surface area contributed by atoms with Gasteiger partial charge in [0.15, 0.2) is 0 Å². The number of carbonyl (C=O) groups is 4. The van der Waals surface area contributed by atoms with Gasteiger partial charge < -0.3 is 15.2 Å². The van der Waals surface area contributed by atoms with Crippen molar-refractivity contribution in [1.29, 1.82) is 0 Å². The lowest BCUT2D eigenvalue weighted by atomic mass is 10.0. The van der Waals surface area contributed by atoms with E-state index < -0.39 is 11.9 Å². The molecule has 0 bridgehead atoms. The van der Waals surface area contributed by atoms with Gasteiger partial charge in [-0.25, -0.2) is 4.98 Å². The van der Waals surface area contributed by atoms with Crippen molar-refractivity contribution in [3.8, 4) is 0 Å². The van der Waals surface area contributed by atoms with Gasteiger partial charge in [0.25, 0.3) is 11.8 Å². The quantitative estimate of drug-likeness (QED) is 0.562. The number of hydrogen-bond acceptors (Lipinski definition) is 5. The molecule has 4 heterocycles. The van der Waals surface area contributed by atoms with E-state index in [0.29, 0.717) is 23.2 Å². The summed E-state index contributed by atoms with van der Waals surface area (Å²) < 4.78 is 0. The summed E-state index contributed by atoms with van der Waals surface area (Å²) in [5, 5.41) is 6.01. The molecule has 0 radical (unpaired) electrons. The first kappa shape index (κ1) is 19.0. The zero-order valence-corrected chi connectivity index (χ0v) is 16.7. The average Bonchev–Trinajstić information content (AvgIpc) is 3.27. The van der Waals surface area contributed by atoms with Gasteiger partial charge in [-0.1, -0.05) is 0 Å². The zero-order chi connectivity index (χ0) is 21.7. The Morgan fingerprint density at radius 3 is 2.87 bits per heavy atom. The molecule has 9 heteroatoms. The lowest BCUT2D eigenvalue weighted by Crippen LogP contribution is -2.52. The fourth-order valence-electron chi connectivity index (χ4n) is 4.11. The number of pyridine rings is 1. The first-order valence-corrected chi connectivity index (χ1v) is 9.93. The van der Waals surface area contributed by atoms with Crippen LogP contribution in [0.2, 0.25) is 0 Å². The summed E-state index contributed by atoms with van der Waals surface area (Å²) >= 11 is 0. The fraction of sp³-hybridized carbons (Fsp3) is 0.227. The molecule has 0 spiro atoms. The van der Waals surface area contributed by atoms with E-state index in [1.807, 2.05) is 13.1 Å². The molecule has 1 aromatic carbocycles. The van der Waals surface area contributed by atoms with Crippen LogP contribution < -0.4 is 10.6 Å². The van der Waals surface area contributed by atoms with Gasteiger partial charge in [-0.15, -0.1) is 0 Å². The molecular formula is C22H19N5O4. The lowest BCUT2D eigenvalue weighted by Gasteiger charge is -2.29. The van der Waals surface area contributed by atoms with E-state index >= 15 is 0 Å². The van der Waals surface area contributed by atoms with Crippen LogP contribution in [0, 0.1) is 6.92 Å². The van der Waals surface area contributed by atoms with Crippen molar-refractivity contribution in [3.63, 3.8) is 0 Å². The Hall–Kier alpha value is -4.01. The highest BCUT2D eigenvalue weighted by atomic mass is 16.2. The number of aromatic nitrogens is 2. The summed E-state index contributed by atoms with van der Waals surface area (Å²) in [4.78, 5) is 57.8. The van der Waals surface area contributed by atoms with Crippen molar-refractivity contribution in [2.24, 2.45) is 0 Å². The Morgan fingerprint density at radius 1 is 1.23 bits per heavy atom. The van der Waals surface area contributed by atoms with Gasteiger partial charge in [0.1, 0.15) is 11.7 Å². The Balaban J connectivity index is 1.35. The first-order chi connectivity index (χ1) is 14.9. The Bertz CT molecular complexity index is 1280. The standard InChI is InChI=1S/C22H19N5O4/c1-11-8-23-19-16(11)7-12(9-24-19)20(29)25-14-2-3-15-13(6-14)10-27(22(15)31)17-4-5-18(28)26-21(17)30/h2-3,6-9,17H,4-5,10H2,1H3,(H,23,24)(H,25,29)(H,26,28,30)/t17-/m1/s1. The molecule has 31 heavy (non-hydrogen) atoms. The molecule has 1 fully saturated rings. The molecule has 3 N–H and O–H groups in total. The third kappa shape index (κ3) is 3.24. The van der Waals surface area contributed by atoms with E-state index in [0.717, 1.165) is 22.2 Å². The molecule has 2 aromatic heterocycles. The van der Waals surface area contributed by atoms with Crippen LogP contribution in [0.1, 0.15) is 44.7 Å². The van der Waals surface area contributed by atoms with E-state index in [1.165, 1.54) is 11.1 Å². The predicted molar refractivity (Wildman–Crippen MR) is 111 cm³/mol. The second-order valence-corrected chi connectivity index (χ2v) is 7.82. The number of amides is 4. The Morgan fingerprint density at radius 2 is 2.06 bits per heavy atom. The molecule has 156 valence electrons. The summed E-state index contributed by atoms with van der Waals surface area (Å²) in [6, 6.07) is 6.17. The van der Waals surface area contributed by atoms with Crippen molar-refractivity contribution in [3.05, 3.63) is 58.9 Å². The molecule has 1 saturated heterocycles. The number of piperidine rings is 1. The normalized spacial score (nSPS) is 18.3. The van der Waals surface area contributed by atoms with E-state index in [-0.39, 0.29) is 30.7 Å². The van der Waals surface area contributed by atoms with Crippen LogP contribution in [-0.4, -0.2) is 44.5 Å². The molecule has 9 nitrogen and oxygen atoms in total. The minimum absolute atomic E-state index is 0.205. The van der Waals surface area contributed by atoms with Crippen molar-refractivity contribution in [2.75, 3.05) is 5.32 Å². The van der Waals surface area contributed by atoms with Gasteiger partial charge in [-0.3, -0.25) is 24.5 Å². The highest BCUT2D eigenvalue weighted by Gasteiger charge is 2.39. The SMILES string of the molecule is Cc1c[nH]c2ncc(C(=O)Nc3ccc4c(c3)CN([C@@H]3CCC(=O)NC3=O)C4=O)cc12. The van der Waals surface area contributed by atoms with Gasteiger partial charge in [0, 0.05) is 42.0 Å². The largest absolute Gasteiger partial charge is 0.346 e. The second-order valence-electron chi connectivity index (χ2n) is 7.82. The third-order valence-corrected chi connectivity index (χ3v) is 5.78. The van der Waals surface area contributed by atoms with E-state index in [1.54, 1.807) is 24.3 Å². The summed E-state index contributed by atoms with van der Waals surface area (Å²) in [6.45, 7) is 2.19. The number of imide groups is 1. The lowest BCUT2D eigenvalue weighted by molar-refractivity contribution is -0.136. The van der Waals surface area contributed by atoms with E-state index in [4.69, 9.17) is 0 Å². The van der Waals surface area contributed by atoms with Gasteiger partial charge in [-0.2, -0.15) is 0 Å². The molecule has 0 saturated carbocycles. The molecular weight excluding hydrogens is 398 g/mol. The summed E-state index contributed by atoms with van der Waals surface area (Å²) in [7, 11) is 0. The molecule has 5 rings (SSSR count). The van der Waals surface area contributed by atoms with Gasteiger partial charge >= 0.3 is 0 Å². The second kappa shape index (κ2) is 7.05. The number of aryl methyl sites for hydroxylation is 1. The van der Waals surface area contributed by atoms with Crippen LogP contribution in [0.25, 0.3) is 11.0 Å². The Kier molecular flexibility index (Phi) is 4.32. The maximum Gasteiger partial charge on any atom is 0.257 e. The monoisotopic (exact) mass is 417 g/mol. The highest BCUT2D eigenvalue weighted by molar-refractivity contribution is 6.07. The smallest absolute Gasteiger partial charge is 0.257 e. The third-order valence-electron chi connectivity index (χ3n) is 5.78. The molecule has 2 aliphatic rings. The number of rotatable bonds is 3. The zero-order valence-electron chi connectivity index (χ0n) is 16.7. The number of nitrogens with zero attached hydrogens (tertiary/aromatic N) is 2. The Labute approximate surface area is 176 Å². The minimum Gasteiger partial charge on any atom is -0.346 e. The van der Waals surface area contributed by atoms with Gasteiger partial charge in [-0.05, 0) is 48.7 Å². The van der Waals surface area contributed by atoms with Gasteiger partial charge in [0.05, 0.1) is 5.56 Å². The van der Waals surface area contributed by atoms with E-state index in [9.17, 15) is 19.2 Å². The fourth-order valence-corrected chi connectivity index (χ4v) is 4.11. The number of benzene rings is 1. The van der Waals surface area contributed by atoms with Crippen molar-refractivity contribution >= 4 is 40.3 Å². The summed E-state index contributed by atoms with van der Waals surface area (Å²) in [6.07, 6.45) is 3.86. The maximum atomic E-state index is 12.8. The van der Waals surface area contributed by atoms with Crippen LogP contribution in [0.4, 0.5) is 5.69 Å². The van der Waals surface area contributed by atoms with Crippen molar-refractivity contribution in [2.45, 2.75) is 32.4 Å². The molecule has 2 aliphatic heterocycles. The summed E-state index contributed by atoms with van der Waals surface area (Å²) in [5.74, 6) is -1.33. The predicted octanol–water partition coefficient (Wildman–Crippen LogP) is 1.88.